The Labute approximate surface area is 191 Å². The number of rotatable bonds is 4. The number of para-hydroxylation sites is 1. The number of methoxy groups -OCH3 is 1. The number of aliphatic hydroxyl groups excluding tert-OH is 1. The van der Waals surface area contributed by atoms with Crippen molar-refractivity contribution in [3.63, 3.8) is 0 Å². The average Bonchev–Trinajstić information content (AvgIpc) is 3.07. The molecule has 1 atom stereocenters. The predicted molar refractivity (Wildman–Crippen MR) is 125 cm³/mol. The Morgan fingerprint density at radius 2 is 1.67 bits per heavy atom. The molecule has 0 saturated carbocycles. The summed E-state index contributed by atoms with van der Waals surface area (Å²) >= 11 is 0. The van der Waals surface area contributed by atoms with Crippen molar-refractivity contribution in [1.29, 1.82) is 0 Å². The molecule has 1 amide bonds. The number of ketones is 1. The number of Topliss-reactive ketones (excluding diaryl/α,β-unsaturated/α-hetero) is 1. The van der Waals surface area contributed by atoms with Crippen molar-refractivity contribution in [2.75, 3.05) is 12.0 Å². The highest BCUT2D eigenvalue weighted by Crippen LogP contribution is 2.45. The van der Waals surface area contributed by atoms with Crippen molar-refractivity contribution in [3.05, 3.63) is 99.9 Å². The fraction of sp³-hybridized carbons (Fsp3) is 0.185. The fourth-order valence-corrected chi connectivity index (χ4v) is 4.11. The second kappa shape index (κ2) is 8.54. The zero-order valence-corrected chi connectivity index (χ0v) is 18.8. The molecule has 0 aliphatic carbocycles. The van der Waals surface area contributed by atoms with E-state index in [2.05, 4.69) is 0 Å². The number of hydrogen-bond donors (Lipinski definition) is 1. The number of carbonyl (C=O) groups is 2. The molecular formula is C27H24FNO4. The third-order valence-electron chi connectivity index (χ3n) is 6.08. The van der Waals surface area contributed by atoms with E-state index >= 15 is 0 Å². The van der Waals surface area contributed by atoms with Gasteiger partial charge in [0, 0.05) is 16.8 Å². The van der Waals surface area contributed by atoms with Crippen molar-refractivity contribution in [2.24, 2.45) is 0 Å². The molecule has 33 heavy (non-hydrogen) atoms. The molecule has 1 aliphatic rings. The second-order valence-electron chi connectivity index (χ2n) is 8.14. The normalized spacial score (nSPS) is 17.5. The summed E-state index contributed by atoms with van der Waals surface area (Å²) in [5.41, 5.74) is 3.59. The van der Waals surface area contributed by atoms with Gasteiger partial charge < -0.3 is 9.84 Å². The molecule has 1 unspecified atom stereocenters. The molecule has 1 saturated heterocycles. The minimum Gasteiger partial charge on any atom is -0.507 e. The maximum absolute atomic E-state index is 13.8. The molecule has 0 aromatic heterocycles. The lowest BCUT2D eigenvalue weighted by atomic mass is 9.94. The van der Waals surface area contributed by atoms with E-state index < -0.39 is 23.5 Å². The minimum absolute atomic E-state index is 0.0752. The maximum Gasteiger partial charge on any atom is 0.300 e. The fourth-order valence-electron chi connectivity index (χ4n) is 4.11. The Balaban J connectivity index is 2.00. The van der Waals surface area contributed by atoms with Crippen molar-refractivity contribution >= 4 is 23.1 Å². The van der Waals surface area contributed by atoms with Crippen molar-refractivity contribution in [2.45, 2.75) is 26.8 Å². The van der Waals surface area contributed by atoms with Crippen LogP contribution in [0.15, 0.2) is 66.2 Å². The lowest BCUT2D eigenvalue weighted by molar-refractivity contribution is -0.132. The summed E-state index contributed by atoms with van der Waals surface area (Å²) in [6, 6.07) is 15.7. The molecule has 1 N–H and O–H groups in total. The summed E-state index contributed by atoms with van der Waals surface area (Å²) in [5.74, 6) is -1.89. The number of amides is 1. The first-order chi connectivity index (χ1) is 15.7. The van der Waals surface area contributed by atoms with Gasteiger partial charge in [0.15, 0.2) is 0 Å². The van der Waals surface area contributed by atoms with E-state index in [4.69, 9.17) is 4.74 Å². The number of aryl methyl sites for hydroxylation is 3. The summed E-state index contributed by atoms with van der Waals surface area (Å²) in [7, 11) is 1.50. The highest BCUT2D eigenvalue weighted by Gasteiger charge is 2.48. The summed E-state index contributed by atoms with van der Waals surface area (Å²) in [6.45, 7) is 5.45. The zero-order valence-electron chi connectivity index (χ0n) is 18.8. The number of nitrogens with zero attached hydrogens (tertiary/aromatic N) is 1. The van der Waals surface area contributed by atoms with Gasteiger partial charge in [-0.1, -0.05) is 24.3 Å². The third-order valence-corrected chi connectivity index (χ3v) is 6.08. The molecule has 1 heterocycles. The van der Waals surface area contributed by atoms with Crippen LogP contribution in [0.5, 0.6) is 5.75 Å². The number of ether oxygens (including phenoxy) is 1. The Bertz CT molecular complexity index is 1310. The molecule has 6 heteroatoms. The largest absolute Gasteiger partial charge is 0.507 e. The van der Waals surface area contributed by atoms with Gasteiger partial charge >= 0.3 is 0 Å². The first-order valence-corrected chi connectivity index (χ1v) is 10.5. The van der Waals surface area contributed by atoms with Gasteiger partial charge in [-0.2, -0.15) is 0 Å². The quantitative estimate of drug-likeness (QED) is 0.332. The van der Waals surface area contributed by atoms with Crippen LogP contribution in [0.2, 0.25) is 0 Å². The van der Waals surface area contributed by atoms with Gasteiger partial charge in [-0.15, -0.1) is 0 Å². The van der Waals surface area contributed by atoms with Crippen LogP contribution in [0, 0.1) is 26.6 Å². The van der Waals surface area contributed by atoms with E-state index in [-0.39, 0.29) is 16.9 Å². The SMILES string of the molecule is COc1ccccc1C1/C(=C(\O)c2ccc(F)c(C)c2)C(=O)C(=O)N1c1ccc(C)c(C)c1. The lowest BCUT2D eigenvalue weighted by Crippen LogP contribution is -2.29. The number of benzene rings is 3. The Hall–Kier alpha value is -3.93. The monoisotopic (exact) mass is 445 g/mol. The number of carbonyl (C=O) groups excluding carboxylic acids is 2. The van der Waals surface area contributed by atoms with E-state index in [1.54, 1.807) is 37.3 Å². The second-order valence-corrected chi connectivity index (χ2v) is 8.14. The summed E-state index contributed by atoms with van der Waals surface area (Å²) in [5, 5.41) is 11.2. The minimum atomic E-state index is -0.923. The van der Waals surface area contributed by atoms with Gasteiger partial charge in [0.05, 0.1) is 18.7 Å². The van der Waals surface area contributed by atoms with E-state index in [1.807, 2.05) is 26.0 Å². The van der Waals surface area contributed by atoms with Gasteiger partial charge in [-0.25, -0.2) is 4.39 Å². The molecule has 1 aliphatic heterocycles. The zero-order chi connectivity index (χ0) is 23.9. The molecule has 1 fully saturated rings. The van der Waals surface area contributed by atoms with Crippen LogP contribution in [-0.2, 0) is 9.59 Å². The lowest BCUT2D eigenvalue weighted by Gasteiger charge is -2.27. The number of hydrogen-bond acceptors (Lipinski definition) is 4. The maximum atomic E-state index is 13.8. The molecule has 4 rings (SSSR count). The van der Waals surface area contributed by atoms with Gasteiger partial charge in [0.1, 0.15) is 17.3 Å². The number of aliphatic hydroxyl groups is 1. The Kier molecular flexibility index (Phi) is 5.77. The van der Waals surface area contributed by atoms with E-state index in [0.717, 1.165) is 11.1 Å². The average molecular weight is 445 g/mol. The molecule has 0 radical (unpaired) electrons. The predicted octanol–water partition coefficient (Wildman–Crippen LogP) is 5.39. The summed E-state index contributed by atoms with van der Waals surface area (Å²) in [6.07, 6.45) is 0. The van der Waals surface area contributed by atoms with E-state index in [0.29, 0.717) is 22.6 Å². The first kappa shape index (κ1) is 22.3. The van der Waals surface area contributed by atoms with Crippen LogP contribution in [0.4, 0.5) is 10.1 Å². The number of anilines is 1. The molecule has 3 aromatic carbocycles. The van der Waals surface area contributed by atoms with E-state index in [9.17, 15) is 19.1 Å². The van der Waals surface area contributed by atoms with Crippen LogP contribution in [0.1, 0.15) is 33.9 Å². The molecule has 0 bridgehead atoms. The third kappa shape index (κ3) is 3.78. The smallest absolute Gasteiger partial charge is 0.300 e. The van der Waals surface area contributed by atoms with Crippen LogP contribution in [0.3, 0.4) is 0 Å². The molecule has 5 nitrogen and oxygen atoms in total. The molecule has 0 spiro atoms. The topological polar surface area (TPSA) is 66.8 Å². The van der Waals surface area contributed by atoms with E-state index in [1.165, 1.54) is 30.2 Å². The highest BCUT2D eigenvalue weighted by atomic mass is 19.1. The molecule has 3 aromatic rings. The van der Waals surface area contributed by atoms with Gasteiger partial charge in [0.2, 0.25) is 0 Å². The molecule has 168 valence electrons. The van der Waals surface area contributed by atoms with Crippen molar-refractivity contribution < 1.29 is 23.8 Å². The Morgan fingerprint density at radius 1 is 0.939 bits per heavy atom. The van der Waals surface area contributed by atoms with Gasteiger partial charge in [0.25, 0.3) is 11.7 Å². The van der Waals surface area contributed by atoms with Gasteiger partial charge in [-0.3, -0.25) is 14.5 Å². The summed E-state index contributed by atoms with van der Waals surface area (Å²) < 4.78 is 19.3. The van der Waals surface area contributed by atoms with Crippen molar-refractivity contribution in [3.8, 4) is 5.75 Å². The number of halogens is 1. The van der Waals surface area contributed by atoms with Crippen molar-refractivity contribution in [1.82, 2.24) is 0 Å². The van der Waals surface area contributed by atoms with Crippen LogP contribution in [-0.4, -0.2) is 23.9 Å². The van der Waals surface area contributed by atoms with Crippen LogP contribution >= 0.6 is 0 Å². The van der Waals surface area contributed by atoms with Crippen LogP contribution in [0.25, 0.3) is 5.76 Å². The molecular weight excluding hydrogens is 421 g/mol. The first-order valence-electron chi connectivity index (χ1n) is 10.5. The van der Waals surface area contributed by atoms with Crippen LogP contribution < -0.4 is 9.64 Å². The Morgan fingerprint density at radius 3 is 2.33 bits per heavy atom. The summed E-state index contributed by atoms with van der Waals surface area (Å²) in [4.78, 5) is 27.9. The van der Waals surface area contributed by atoms with Gasteiger partial charge in [-0.05, 0) is 73.9 Å². The highest BCUT2D eigenvalue weighted by molar-refractivity contribution is 6.51. The standard InChI is InChI=1S/C27H24FNO4/c1-15-9-11-19(14-16(15)2)29-24(20-7-5-6-8-22(20)33-4)23(26(31)27(29)32)25(30)18-10-12-21(28)17(3)13-18/h5-14,24,30H,1-4H3/b25-23+.